The number of nitrogens with zero attached hydrogens (tertiary/aromatic N) is 5. The standard InChI is InChI=1S/C26H26N6O3/c1-18(2)32-17-28-23-24(32)30-26(29-22(33)15-19-7-4-3-5-8-19)31-25(23)35-16-20-9-11-21(12-10-20)34-14-6-13-27/h3-5,7-12,17-18H,6,14-16H2,1-2H3,(H,29,30,31,33). The van der Waals surface area contributed by atoms with Crippen molar-refractivity contribution in [3.8, 4) is 17.7 Å². The molecule has 0 unspecified atom stereocenters. The molecule has 4 aromatic rings. The number of hydrogen-bond acceptors (Lipinski definition) is 7. The molecule has 0 aliphatic rings. The molecule has 9 nitrogen and oxygen atoms in total. The maximum atomic E-state index is 12.6. The molecule has 0 fully saturated rings. The van der Waals surface area contributed by atoms with Gasteiger partial charge in [-0.25, -0.2) is 4.98 Å². The van der Waals surface area contributed by atoms with Crippen LogP contribution in [0.25, 0.3) is 11.2 Å². The van der Waals surface area contributed by atoms with Crippen LogP contribution in [0.4, 0.5) is 5.95 Å². The fourth-order valence-electron chi connectivity index (χ4n) is 3.42. The Kier molecular flexibility index (Phi) is 7.53. The number of benzene rings is 2. The highest BCUT2D eigenvalue weighted by Crippen LogP contribution is 2.26. The zero-order chi connectivity index (χ0) is 24.6. The Morgan fingerprint density at radius 3 is 2.54 bits per heavy atom. The van der Waals surface area contributed by atoms with Crippen molar-refractivity contribution < 1.29 is 14.3 Å². The third-order valence-electron chi connectivity index (χ3n) is 5.19. The Balaban J connectivity index is 1.52. The summed E-state index contributed by atoms with van der Waals surface area (Å²) in [6.45, 7) is 4.65. The molecule has 0 bridgehead atoms. The van der Waals surface area contributed by atoms with E-state index in [0.717, 1.165) is 11.1 Å². The summed E-state index contributed by atoms with van der Waals surface area (Å²) in [5.74, 6) is 0.924. The Morgan fingerprint density at radius 1 is 1.06 bits per heavy atom. The third-order valence-corrected chi connectivity index (χ3v) is 5.19. The van der Waals surface area contributed by atoms with Gasteiger partial charge in [0.2, 0.25) is 17.7 Å². The van der Waals surface area contributed by atoms with Crippen LogP contribution in [0.3, 0.4) is 0 Å². The van der Waals surface area contributed by atoms with Gasteiger partial charge in [-0.3, -0.25) is 10.1 Å². The summed E-state index contributed by atoms with van der Waals surface area (Å²) in [7, 11) is 0. The summed E-state index contributed by atoms with van der Waals surface area (Å²) in [5.41, 5.74) is 2.91. The fourth-order valence-corrected chi connectivity index (χ4v) is 3.42. The number of nitrogens with one attached hydrogen (secondary N) is 1. The lowest BCUT2D eigenvalue weighted by Gasteiger charge is -2.12. The number of carbonyl (C=O) groups is 1. The second-order valence-electron chi connectivity index (χ2n) is 8.17. The summed E-state index contributed by atoms with van der Waals surface area (Å²) < 4.78 is 13.4. The van der Waals surface area contributed by atoms with Crippen molar-refractivity contribution in [3.05, 3.63) is 72.1 Å². The smallest absolute Gasteiger partial charge is 0.247 e. The molecule has 4 rings (SSSR count). The molecule has 1 amide bonds. The number of anilines is 1. The first-order chi connectivity index (χ1) is 17.0. The predicted octanol–water partition coefficient (Wildman–Crippen LogP) is 4.46. The molecule has 9 heteroatoms. The molecule has 0 saturated carbocycles. The minimum atomic E-state index is -0.218. The van der Waals surface area contributed by atoms with Crippen LogP contribution in [-0.4, -0.2) is 32.0 Å². The Bertz CT molecular complexity index is 1330. The molecule has 0 aliphatic carbocycles. The molecule has 0 atom stereocenters. The average Bonchev–Trinajstić information content (AvgIpc) is 3.28. The molecule has 0 radical (unpaired) electrons. The molecular formula is C26H26N6O3. The van der Waals surface area contributed by atoms with E-state index in [2.05, 4.69) is 20.3 Å². The minimum absolute atomic E-state index is 0.115. The van der Waals surface area contributed by atoms with Gasteiger partial charge in [-0.05, 0) is 37.1 Å². The second-order valence-corrected chi connectivity index (χ2v) is 8.17. The van der Waals surface area contributed by atoms with E-state index in [1.807, 2.05) is 79.1 Å². The van der Waals surface area contributed by atoms with Crippen molar-refractivity contribution in [2.24, 2.45) is 0 Å². The van der Waals surface area contributed by atoms with E-state index in [1.165, 1.54) is 0 Å². The number of aromatic nitrogens is 4. The van der Waals surface area contributed by atoms with E-state index < -0.39 is 0 Å². The van der Waals surface area contributed by atoms with Gasteiger partial charge < -0.3 is 14.0 Å². The first-order valence-corrected chi connectivity index (χ1v) is 11.3. The van der Waals surface area contributed by atoms with Crippen LogP contribution in [0.1, 0.15) is 37.4 Å². The van der Waals surface area contributed by atoms with Gasteiger partial charge in [0.25, 0.3) is 0 Å². The predicted molar refractivity (Wildman–Crippen MR) is 131 cm³/mol. The molecule has 2 aromatic heterocycles. The molecule has 0 saturated heterocycles. The van der Waals surface area contributed by atoms with Crippen molar-refractivity contribution in [1.82, 2.24) is 19.5 Å². The van der Waals surface area contributed by atoms with Crippen LogP contribution in [-0.2, 0) is 17.8 Å². The van der Waals surface area contributed by atoms with Crippen LogP contribution in [0.2, 0.25) is 0 Å². The highest BCUT2D eigenvalue weighted by molar-refractivity contribution is 5.91. The van der Waals surface area contributed by atoms with Gasteiger partial charge in [0.1, 0.15) is 19.0 Å². The highest BCUT2D eigenvalue weighted by Gasteiger charge is 2.17. The van der Waals surface area contributed by atoms with Crippen molar-refractivity contribution >= 4 is 23.0 Å². The minimum Gasteiger partial charge on any atom is -0.493 e. The summed E-state index contributed by atoms with van der Waals surface area (Å²) in [6.07, 6.45) is 2.24. The molecule has 0 spiro atoms. The van der Waals surface area contributed by atoms with E-state index in [1.54, 1.807) is 6.33 Å². The van der Waals surface area contributed by atoms with Crippen molar-refractivity contribution in [2.75, 3.05) is 11.9 Å². The topological polar surface area (TPSA) is 115 Å². The Labute approximate surface area is 203 Å². The van der Waals surface area contributed by atoms with E-state index in [4.69, 9.17) is 14.7 Å². The van der Waals surface area contributed by atoms with Gasteiger partial charge in [0, 0.05) is 6.04 Å². The number of carbonyl (C=O) groups excluding carboxylic acids is 1. The van der Waals surface area contributed by atoms with Gasteiger partial charge in [-0.1, -0.05) is 42.5 Å². The van der Waals surface area contributed by atoms with E-state index in [9.17, 15) is 4.79 Å². The van der Waals surface area contributed by atoms with E-state index in [0.29, 0.717) is 35.8 Å². The number of fused-ring (bicyclic) bond motifs is 1. The lowest BCUT2D eigenvalue weighted by molar-refractivity contribution is -0.115. The first-order valence-electron chi connectivity index (χ1n) is 11.3. The van der Waals surface area contributed by atoms with Crippen molar-refractivity contribution in [2.45, 2.75) is 39.3 Å². The number of hydrogen-bond donors (Lipinski definition) is 1. The molecular weight excluding hydrogens is 444 g/mol. The van der Waals surface area contributed by atoms with Gasteiger partial charge in [-0.2, -0.15) is 15.2 Å². The SMILES string of the molecule is CC(C)n1cnc2c(OCc3ccc(OCCC#N)cc3)nc(NC(=O)Cc3ccccc3)nc21. The van der Waals surface area contributed by atoms with Gasteiger partial charge in [0.05, 0.1) is 25.2 Å². The maximum Gasteiger partial charge on any atom is 0.247 e. The number of ether oxygens (including phenoxy) is 2. The first kappa shape index (κ1) is 23.7. The summed E-state index contributed by atoms with van der Waals surface area (Å²) in [4.78, 5) is 26.0. The highest BCUT2D eigenvalue weighted by atomic mass is 16.5. The number of rotatable bonds is 10. The molecule has 2 aromatic carbocycles. The van der Waals surface area contributed by atoms with Crippen LogP contribution in [0, 0.1) is 11.3 Å². The lowest BCUT2D eigenvalue weighted by atomic mass is 10.1. The zero-order valence-electron chi connectivity index (χ0n) is 19.6. The van der Waals surface area contributed by atoms with Crippen molar-refractivity contribution in [1.29, 1.82) is 5.26 Å². The molecule has 2 heterocycles. The number of nitriles is 1. The number of imidazole rings is 1. The Morgan fingerprint density at radius 2 is 1.83 bits per heavy atom. The zero-order valence-corrected chi connectivity index (χ0v) is 19.6. The average molecular weight is 471 g/mol. The normalized spacial score (nSPS) is 10.8. The monoisotopic (exact) mass is 470 g/mol. The number of amides is 1. The van der Waals surface area contributed by atoms with Crippen LogP contribution in [0.15, 0.2) is 60.9 Å². The van der Waals surface area contributed by atoms with Crippen molar-refractivity contribution in [3.63, 3.8) is 0 Å². The van der Waals surface area contributed by atoms with Gasteiger partial charge in [-0.15, -0.1) is 0 Å². The molecule has 0 aliphatic heterocycles. The maximum absolute atomic E-state index is 12.6. The molecule has 35 heavy (non-hydrogen) atoms. The van der Waals surface area contributed by atoms with Crippen LogP contribution in [0.5, 0.6) is 11.6 Å². The molecule has 178 valence electrons. The van der Waals surface area contributed by atoms with E-state index >= 15 is 0 Å². The molecule has 1 N–H and O–H groups in total. The van der Waals surface area contributed by atoms with Gasteiger partial charge in [0.15, 0.2) is 11.2 Å². The van der Waals surface area contributed by atoms with Crippen LogP contribution < -0.4 is 14.8 Å². The Hall–Kier alpha value is -4.45. The van der Waals surface area contributed by atoms with E-state index in [-0.39, 0.29) is 30.9 Å². The quantitative estimate of drug-likeness (QED) is 0.340. The van der Waals surface area contributed by atoms with Crippen LogP contribution >= 0.6 is 0 Å². The summed E-state index contributed by atoms with van der Waals surface area (Å²) in [5, 5.41) is 11.4. The lowest BCUT2D eigenvalue weighted by Crippen LogP contribution is -2.17. The largest absolute Gasteiger partial charge is 0.493 e. The third kappa shape index (κ3) is 6.12. The van der Waals surface area contributed by atoms with Gasteiger partial charge >= 0.3 is 0 Å². The fraction of sp³-hybridized carbons (Fsp3) is 0.269. The second kappa shape index (κ2) is 11.1. The summed E-state index contributed by atoms with van der Waals surface area (Å²) >= 11 is 0. The summed E-state index contributed by atoms with van der Waals surface area (Å²) in [6, 6.07) is 19.1.